The average Bonchev–Trinajstić information content (AvgIpc) is 2.73. The minimum absolute atomic E-state index is 0.240. The Morgan fingerprint density at radius 2 is 2.12 bits per heavy atom. The first-order valence-corrected chi connectivity index (χ1v) is 7.38. The van der Waals surface area contributed by atoms with E-state index in [1.54, 1.807) is 11.3 Å². The van der Waals surface area contributed by atoms with Gasteiger partial charge in [0.05, 0.1) is 10.3 Å². The topological polar surface area (TPSA) is 29.1 Å². The van der Waals surface area contributed by atoms with Crippen LogP contribution in [0.25, 0.3) is 0 Å². The molecule has 1 amide bonds. The van der Waals surface area contributed by atoms with E-state index in [2.05, 4.69) is 27.3 Å². The summed E-state index contributed by atoms with van der Waals surface area (Å²) in [5, 5.41) is 3.03. The van der Waals surface area contributed by atoms with Crippen molar-refractivity contribution in [3.63, 3.8) is 0 Å². The van der Waals surface area contributed by atoms with E-state index in [9.17, 15) is 4.79 Å². The lowest BCUT2D eigenvalue weighted by Gasteiger charge is -2.20. The van der Waals surface area contributed by atoms with Crippen LogP contribution in [0, 0.1) is 5.92 Å². The summed E-state index contributed by atoms with van der Waals surface area (Å²) >= 11 is 5.10. The summed E-state index contributed by atoms with van der Waals surface area (Å²) in [6.45, 7) is 0.672. The molecule has 1 saturated carbocycles. The monoisotopic (exact) mass is 301 g/mol. The molecule has 0 aromatic carbocycles. The Bertz CT molecular complexity index is 358. The third kappa shape index (κ3) is 3.32. The van der Waals surface area contributed by atoms with Crippen molar-refractivity contribution in [2.45, 2.75) is 38.6 Å². The summed E-state index contributed by atoms with van der Waals surface area (Å²) < 4.78 is 1.12. The Hall–Kier alpha value is -0.350. The Morgan fingerprint density at radius 1 is 1.38 bits per heavy atom. The lowest BCUT2D eigenvalue weighted by atomic mass is 9.89. The van der Waals surface area contributed by atoms with Gasteiger partial charge in [0.15, 0.2) is 0 Å². The molecule has 1 N–H and O–H groups in total. The van der Waals surface area contributed by atoms with Gasteiger partial charge in [-0.05, 0) is 40.9 Å². The summed E-state index contributed by atoms with van der Waals surface area (Å²) in [5.74, 6) is 0.501. The lowest BCUT2D eigenvalue weighted by Crippen LogP contribution is -2.31. The van der Waals surface area contributed by atoms with Crippen molar-refractivity contribution in [1.29, 1.82) is 0 Å². The number of nitrogens with one attached hydrogen (secondary N) is 1. The Morgan fingerprint density at radius 3 is 2.75 bits per heavy atom. The molecule has 88 valence electrons. The first-order valence-electron chi connectivity index (χ1n) is 5.77. The number of halogens is 1. The van der Waals surface area contributed by atoms with Gasteiger partial charge in [0.2, 0.25) is 5.91 Å². The highest BCUT2D eigenvalue weighted by Gasteiger charge is 2.20. The molecule has 1 aliphatic carbocycles. The zero-order valence-corrected chi connectivity index (χ0v) is 11.6. The molecule has 16 heavy (non-hydrogen) atoms. The summed E-state index contributed by atoms with van der Waals surface area (Å²) in [6.07, 6.45) is 5.85. The predicted molar refractivity (Wildman–Crippen MR) is 70.4 cm³/mol. The van der Waals surface area contributed by atoms with Crippen molar-refractivity contribution >= 4 is 33.2 Å². The van der Waals surface area contributed by atoms with Gasteiger partial charge in [0.1, 0.15) is 0 Å². The molecule has 1 aromatic rings. The van der Waals surface area contributed by atoms with Crippen LogP contribution in [0.5, 0.6) is 0 Å². The summed E-state index contributed by atoms with van der Waals surface area (Å²) in [6, 6.07) is 4.07. The van der Waals surface area contributed by atoms with E-state index in [1.807, 2.05) is 6.07 Å². The summed E-state index contributed by atoms with van der Waals surface area (Å²) in [7, 11) is 0. The van der Waals surface area contributed by atoms with Crippen LogP contribution in [0.3, 0.4) is 0 Å². The molecule has 1 fully saturated rings. The van der Waals surface area contributed by atoms with E-state index in [0.717, 1.165) is 16.6 Å². The van der Waals surface area contributed by atoms with Crippen LogP contribution in [-0.2, 0) is 11.3 Å². The lowest BCUT2D eigenvalue weighted by molar-refractivity contribution is -0.126. The average molecular weight is 302 g/mol. The molecule has 1 heterocycles. The third-order valence-corrected chi connectivity index (χ3v) is 4.67. The van der Waals surface area contributed by atoms with Crippen LogP contribution in [0.1, 0.15) is 37.0 Å². The normalized spacial score (nSPS) is 17.3. The van der Waals surface area contributed by atoms with E-state index < -0.39 is 0 Å². The second-order valence-electron chi connectivity index (χ2n) is 4.26. The molecule has 0 saturated heterocycles. The standard InChI is InChI=1S/C12H16BrNOS/c13-11-7-6-10(16-11)8-14-12(15)9-4-2-1-3-5-9/h6-7,9H,1-5,8H2,(H,14,15). The van der Waals surface area contributed by atoms with Gasteiger partial charge >= 0.3 is 0 Å². The van der Waals surface area contributed by atoms with Crippen molar-refractivity contribution in [1.82, 2.24) is 5.32 Å². The fraction of sp³-hybridized carbons (Fsp3) is 0.583. The Balaban J connectivity index is 1.78. The van der Waals surface area contributed by atoms with Crippen molar-refractivity contribution in [3.8, 4) is 0 Å². The first kappa shape index (κ1) is 12.1. The van der Waals surface area contributed by atoms with Gasteiger partial charge in [-0.25, -0.2) is 0 Å². The molecule has 0 aliphatic heterocycles. The van der Waals surface area contributed by atoms with Gasteiger partial charge in [-0.15, -0.1) is 11.3 Å². The van der Waals surface area contributed by atoms with Crippen LogP contribution in [0.2, 0.25) is 0 Å². The largest absolute Gasteiger partial charge is 0.351 e. The number of amides is 1. The van der Waals surface area contributed by atoms with Crippen LogP contribution in [-0.4, -0.2) is 5.91 Å². The number of carbonyl (C=O) groups excluding carboxylic acids is 1. The highest BCUT2D eigenvalue weighted by Crippen LogP contribution is 2.24. The number of hydrogen-bond acceptors (Lipinski definition) is 2. The zero-order valence-electron chi connectivity index (χ0n) is 9.17. The Kier molecular flexibility index (Phi) is 4.41. The molecule has 2 nitrogen and oxygen atoms in total. The van der Waals surface area contributed by atoms with Crippen molar-refractivity contribution in [2.75, 3.05) is 0 Å². The SMILES string of the molecule is O=C(NCc1ccc(Br)s1)C1CCCCC1. The first-order chi connectivity index (χ1) is 7.75. The molecule has 2 rings (SSSR count). The smallest absolute Gasteiger partial charge is 0.223 e. The number of carbonyl (C=O) groups is 1. The number of hydrogen-bond donors (Lipinski definition) is 1. The van der Waals surface area contributed by atoms with E-state index in [0.29, 0.717) is 6.54 Å². The zero-order chi connectivity index (χ0) is 11.4. The molecular weight excluding hydrogens is 286 g/mol. The van der Waals surface area contributed by atoms with Gasteiger partial charge in [-0.1, -0.05) is 19.3 Å². The summed E-state index contributed by atoms with van der Waals surface area (Å²) in [5.41, 5.74) is 0. The molecule has 0 unspecified atom stereocenters. The summed E-state index contributed by atoms with van der Waals surface area (Å²) in [4.78, 5) is 13.1. The third-order valence-electron chi connectivity index (χ3n) is 3.04. The molecule has 4 heteroatoms. The van der Waals surface area contributed by atoms with Crippen LogP contribution in [0.15, 0.2) is 15.9 Å². The van der Waals surface area contributed by atoms with Crippen LogP contribution < -0.4 is 5.32 Å². The molecule has 1 aliphatic rings. The quantitative estimate of drug-likeness (QED) is 0.906. The maximum absolute atomic E-state index is 11.9. The van der Waals surface area contributed by atoms with Gasteiger partial charge in [-0.3, -0.25) is 4.79 Å². The Labute approximate surface area is 109 Å². The van der Waals surface area contributed by atoms with Crippen molar-refractivity contribution < 1.29 is 4.79 Å². The van der Waals surface area contributed by atoms with E-state index in [4.69, 9.17) is 0 Å². The maximum atomic E-state index is 11.9. The second kappa shape index (κ2) is 5.82. The maximum Gasteiger partial charge on any atom is 0.223 e. The highest BCUT2D eigenvalue weighted by atomic mass is 79.9. The van der Waals surface area contributed by atoms with Gasteiger partial charge in [0, 0.05) is 10.8 Å². The molecular formula is C12H16BrNOS. The van der Waals surface area contributed by atoms with Gasteiger partial charge in [-0.2, -0.15) is 0 Å². The second-order valence-corrected chi connectivity index (χ2v) is 6.81. The molecule has 0 spiro atoms. The van der Waals surface area contributed by atoms with Crippen molar-refractivity contribution in [2.24, 2.45) is 5.92 Å². The molecule has 0 radical (unpaired) electrons. The molecule has 0 bridgehead atoms. The highest BCUT2D eigenvalue weighted by molar-refractivity contribution is 9.11. The van der Waals surface area contributed by atoms with Gasteiger partial charge in [0.25, 0.3) is 0 Å². The number of thiophene rings is 1. The molecule has 0 atom stereocenters. The predicted octanol–water partition coefficient (Wildman–Crippen LogP) is 3.71. The fourth-order valence-corrected chi connectivity index (χ4v) is 3.55. The van der Waals surface area contributed by atoms with Crippen molar-refractivity contribution in [3.05, 3.63) is 20.8 Å². The van der Waals surface area contributed by atoms with E-state index in [1.165, 1.54) is 24.1 Å². The van der Waals surface area contributed by atoms with Crippen LogP contribution >= 0.6 is 27.3 Å². The minimum atomic E-state index is 0.240. The van der Waals surface area contributed by atoms with Gasteiger partial charge < -0.3 is 5.32 Å². The van der Waals surface area contributed by atoms with E-state index in [-0.39, 0.29) is 11.8 Å². The molecule has 1 aromatic heterocycles. The van der Waals surface area contributed by atoms with Crippen LogP contribution in [0.4, 0.5) is 0 Å². The fourth-order valence-electron chi connectivity index (χ4n) is 2.13. The minimum Gasteiger partial charge on any atom is -0.351 e. The number of rotatable bonds is 3. The van der Waals surface area contributed by atoms with E-state index >= 15 is 0 Å².